The molecule has 18 heavy (non-hydrogen) atoms. The van der Waals surface area contributed by atoms with Gasteiger partial charge in [0.2, 0.25) is 0 Å². The van der Waals surface area contributed by atoms with E-state index in [0.29, 0.717) is 0 Å². The normalized spacial score (nSPS) is 20.0. The lowest BCUT2D eigenvalue weighted by molar-refractivity contribution is 0.361. The summed E-state index contributed by atoms with van der Waals surface area (Å²) < 4.78 is 1.18. The van der Waals surface area contributed by atoms with Crippen molar-refractivity contribution in [2.45, 2.75) is 26.2 Å². The monoisotopic (exact) mass is 310 g/mol. The number of hydrogen-bond acceptors (Lipinski definition) is 2. The van der Waals surface area contributed by atoms with Crippen molar-refractivity contribution in [3.05, 3.63) is 33.8 Å². The molecule has 100 valence electrons. The van der Waals surface area contributed by atoms with Crippen molar-refractivity contribution in [3.63, 3.8) is 0 Å². The van der Waals surface area contributed by atoms with Gasteiger partial charge in [0.05, 0.1) is 0 Å². The molecule has 1 aromatic carbocycles. The van der Waals surface area contributed by atoms with Crippen molar-refractivity contribution < 1.29 is 0 Å². The molecule has 0 amide bonds. The van der Waals surface area contributed by atoms with E-state index in [0.717, 1.165) is 25.4 Å². The van der Waals surface area contributed by atoms with Crippen LogP contribution in [0.2, 0.25) is 0 Å². The minimum absolute atomic E-state index is 0.822. The quantitative estimate of drug-likeness (QED) is 0.817. The van der Waals surface area contributed by atoms with Gasteiger partial charge in [-0.15, -0.1) is 0 Å². The third-order valence-electron chi connectivity index (χ3n) is 3.71. The van der Waals surface area contributed by atoms with E-state index in [9.17, 15) is 0 Å². The first-order chi connectivity index (χ1) is 8.75. The predicted octanol–water partition coefficient (Wildman–Crippen LogP) is 2.89. The zero-order valence-electron chi connectivity index (χ0n) is 11.1. The summed E-state index contributed by atoms with van der Waals surface area (Å²) in [6.07, 6.45) is 3.82. The Morgan fingerprint density at radius 1 is 1.44 bits per heavy atom. The molecule has 2 N–H and O–H groups in total. The van der Waals surface area contributed by atoms with Gasteiger partial charge in [0.25, 0.3) is 0 Å². The summed E-state index contributed by atoms with van der Waals surface area (Å²) >= 11 is 3.54. The summed E-state index contributed by atoms with van der Waals surface area (Å²) in [5.41, 5.74) is 2.83. The topological polar surface area (TPSA) is 24.1 Å². The van der Waals surface area contributed by atoms with Crippen LogP contribution in [0.15, 0.2) is 22.7 Å². The van der Waals surface area contributed by atoms with Crippen molar-refractivity contribution in [1.29, 1.82) is 0 Å². The molecular weight excluding hydrogens is 288 g/mol. The van der Waals surface area contributed by atoms with Crippen LogP contribution in [-0.2, 0) is 6.42 Å². The number of halogens is 1. The second-order valence-corrected chi connectivity index (χ2v) is 6.15. The van der Waals surface area contributed by atoms with Crippen molar-refractivity contribution in [1.82, 2.24) is 10.6 Å². The Hall–Kier alpha value is -0.380. The zero-order chi connectivity index (χ0) is 12.8. The summed E-state index contributed by atoms with van der Waals surface area (Å²) in [5, 5.41) is 7.06. The van der Waals surface area contributed by atoms with Gasteiger partial charge in [-0.05, 0) is 81.5 Å². The maximum atomic E-state index is 3.59. The number of piperidine rings is 1. The summed E-state index contributed by atoms with van der Waals surface area (Å²) in [4.78, 5) is 0. The number of nitrogens with one attached hydrogen (secondary N) is 2. The van der Waals surface area contributed by atoms with E-state index in [1.807, 2.05) is 0 Å². The third-order valence-corrected chi connectivity index (χ3v) is 4.21. The van der Waals surface area contributed by atoms with Crippen LogP contribution in [0, 0.1) is 12.8 Å². The second-order valence-electron chi connectivity index (χ2n) is 5.24. The lowest BCUT2D eigenvalue weighted by atomic mass is 9.99. The number of hydrogen-bond donors (Lipinski definition) is 2. The summed E-state index contributed by atoms with van der Waals surface area (Å²) in [6, 6.07) is 6.53. The average molecular weight is 311 g/mol. The fourth-order valence-electron chi connectivity index (χ4n) is 2.54. The average Bonchev–Trinajstić information content (AvgIpc) is 2.40. The Labute approximate surface area is 119 Å². The van der Waals surface area contributed by atoms with Crippen molar-refractivity contribution >= 4 is 15.9 Å². The first-order valence-corrected chi connectivity index (χ1v) is 7.71. The zero-order valence-corrected chi connectivity index (χ0v) is 12.7. The van der Waals surface area contributed by atoms with E-state index in [2.05, 4.69) is 51.7 Å². The van der Waals surface area contributed by atoms with Gasteiger partial charge in [0.15, 0.2) is 0 Å². The van der Waals surface area contributed by atoms with Gasteiger partial charge in [-0.25, -0.2) is 0 Å². The van der Waals surface area contributed by atoms with Crippen LogP contribution < -0.4 is 10.6 Å². The minimum atomic E-state index is 0.822. The molecule has 1 aliphatic heterocycles. The first-order valence-electron chi connectivity index (χ1n) is 6.92. The first kappa shape index (κ1) is 14.0. The van der Waals surface area contributed by atoms with Crippen LogP contribution in [0.1, 0.15) is 24.0 Å². The molecule has 0 aromatic heterocycles. The highest BCUT2D eigenvalue weighted by molar-refractivity contribution is 9.10. The fraction of sp³-hybridized carbons (Fsp3) is 0.600. The van der Waals surface area contributed by atoms with E-state index in [4.69, 9.17) is 0 Å². The van der Waals surface area contributed by atoms with E-state index in [1.165, 1.54) is 41.5 Å². The molecule has 0 spiro atoms. The summed E-state index contributed by atoms with van der Waals surface area (Å²) in [5.74, 6) is 0.822. The lowest BCUT2D eigenvalue weighted by Crippen LogP contribution is -2.36. The Morgan fingerprint density at radius 3 is 3.11 bits per heavy atom. The maximum absolute atomic E-state index is 3.59. The molecule has 0 radical (unpaired) electrons. The highest BCUT2D eigenvalue weighted by Crippen LogP contribution is 2.16. The van der Waals surface area contributed by atoms with E-state index >= 15 is 0 Å². The van der Waals surface area contributed by atoms with E-state index < -0.39 is 0 Å². The van der Waals surface area contributed by atoms with E-state index in [1.54, 1.807) is 0 Å². The Balaban J connectivity index is 1.69. The molecule has 2 rings (SSSR count). The summed E-state index contributed by atoms with van der Waals surface area (Å²) in [7, 11) is 0. The van der Waals surface area contributed by atoms with E-state index in [-0.39, 0.29) is 0 Å². The molecule has 0 saturated carbocycles. The van der Waals surface area contributed by atoms with Gasteiger partial charge in [0.1, 0.15) is 0 Å². The molecular formula is C15H23BrN2. The van der Waals surface area contributed by atoms with Crippen LogP contribution >= 0.6 is 15.9 Å². The van der Waals surface area contributed by atoms with Gasteiger partial charge in [-0.3, -0.25) is 0 Å². The fourth-order valence-corrected chi connectivity index (χ4v) is 2.95. The molecule has 1 aliphatic rings. The van der Waals surface area contributed by atoms with Crippen LogP contribution in [0.25, 0.3) is 0 Å². The van der Waals surface area contributed by atoms with Gasteiger partial charge in [0, 0.05) is 4.47 Å². The minimum Gasteiger partial charge on any atom is -0.316 e. The Kier molecular flexibility index (Phi) is 5.67. The molecule has 1 saturated heterocycles. The van der Waals surface area contributed by atoms with Crippen LogP contribution in [0.5, 0.6) is 0 Å². The van der Waals surface area contributed by atoms with Gasteiger partial charge in [-0.1, -0.05) is 22.0 Å². The standard InChI is InChI=1S/C15H23BrN2/c1-12-4-5-15(16)9-14(12)6-8-18-11-13-3-2-7-17-10-13/h4-5,9,13,17-18H,2-3,6-8,10-11H2,1H3. The molecule has 1 atom stereocenters. The SMILES string of the molecule is Cc1ccc(Br)cc1CCNCC1CCCNC1. The highest BCUT2D eigenvalue weighted by Gasteiger charge is 2.11. The van der Waals surface area contributed by atoms with Gasteiger partial charge >= 0.3 is 0 Å². The largest absolute Gasteiger partial charge is 0.316 e. The second kappa shape index (κ2) is 7.27. The molecule has 1 heterocycles. The molecule has 1 aromatic rings. The van der Waals surface area contributed by atoms with Crippen molar-refractivity contribution in [2.75, 3.05) is 26.2 Å². The van der Waals surface area contributed by atoms with Crippen LogP contribution in [0.3, 0.4) is 0 Å². The van der Waals surface area contributed by atoms with Crippen LogP contribution in [-0.4, -0.2) is 26.2 Å². The third kappa shape index (κ3) is 4.38. The van der Waals surface area contributed by atoms with Crippen LogP contribution in [0.4, 0.5) is 0 Å². The molecule has 0 bridgehead atoms. The number of aryl methyl sites for hydroxylation is 1. The maximum Gasteiger partial charge on any atom is 0.0178 e. The van der Waals surface area contributed by atoms with Gasteiger partial charge in [-0.2, -0.15) is 0 Å². The lowest BCUT2D eigenvalue weighted by Gasteiger charge is -2.23. The Bertz CT molecular complexity index is 373. The highest BCUT2D eigenvalue weighted by atomic mass is 79.9. The number of benzene rings is 1. The smallest absolute Gasteiger partial charge is 0.0178 e. The number of rotatable bonds is 5. The summed E-state index contributed by atoms with van der Waals surface area (Å²) in [6.45, 7) is 6.80. The molecule has 0 aliphatic carbocycles. The van der Waals surface area contributed by atoms with Crippen molar-refractivity contribution in [3.8, 4) is 0 Å². The molecule has 3 heteroatoms. The predicted molar refractivity (Wildman–Crippen MR) is 81.0 cm³/mol. The molecule has 1 unspecified atom stereocenters. The molecule has 1 fully saturated rings. The Morgan fingerprint density at radius 2 is 2.33 bits per heavy atom. The molecule has 2 nitrogen and oxygen atoms in total. The van der Waals surface area contributed by atoms with Crippen molar-refractivity contribution in [2.24, 2.45) is 5.92 Å². The van der Waals surface area contributed by atoms with Gasteiger partial charge < -0.3 is 10.6 Å².